The van der Waals surface area contributed by atoms with E-state index in [2.05, 4.69) is 16.8 Å². The monoisotopic (exact) mass is 309 g/mol. The Hall–Kier alpha value is -1.14. The molecule has 116 valence electrons. The van der Waals surface area contributed by atoms with Crippen LogP contribution in [0.25, 0.3) is 0 Å². The summed E-state index contributed by atoms with van der Waals surface area (Å²) in [6.45, 7) is 6.50. The minimum atomic E-state index is -0.147. The number of carbonyl (C=O) groups excluding carboxylic acids is 1. The molecule has 5 nitrogen and oxygen atoms in total. The molecule has 0 radical (unpaired) electrons. The number of ether oxygens (including phenoxy) is 1. The van der Waals surface area contributed by atoms with E-state index in [-0.39, 0.29) is 11.9 Å². The number of esters is 1. The second kappa shape index (κ2) is 6.32. The number of fused-ring (bicyclic) bond motifs is 1. The zero-order valence-corrected chi connectivity index (χ0v) is 13.6. The molecule has 1 fully saturated rings. The van der Waals surface area contributed by atoms with Crippen molar-refractivity contribution in [2.75, 3.05) is 44.7 Å². The Morgan fingerprint density at radius 2 is 2.14 bits per heavy atom. The van der Waals surface area contributed by atoms with Crippen molar-refractivity contribution in [3.05, 3.63) is 10.6 Å². The number of aromatic nitrogens is 1. The molecule has 6 heteroatoms. The van der Waals surface area contributed by atoms with Crippen LogP contribution in [0.2, 0.25) is 0 Å². The van der Waals surface area contributed by atoms with Crippen LogP contribution in [0, 0.1) is 0 Å². The van der Waals surface area contributed by atoms with E-state index in [4.69, 9.17) is 9.72 Å². The van der Waals surface area contributed by atoms with Crippen LogP contribution >= 0.6 is 11.3 Å². The Morgan fingerprint density at radius 3 is 2.86 bits per heavy atom. The van der Waals surface area contributed by atoms with Crippen LogP contribution in [0.4, 0.5) is 5.13 Å². The Kier molecular flexibility index (Phi) is 4.45. The van der Waals surface area contributed by atoms with Gasteiger partial charge in [0.1, 0.15) is 5.92 Å². The normalized spacial score (nSPS) is 23.0. The van der Waals surface area contributed by atoms with Gasteiger partial charge in [-0.2, -0.15) is 0 Å². The first kappa shape index (κ1) is 14.8. The van der Waals surface area contributed by atoms with Gasteiger partial charge in [-0.15, -0.1) is 11.3 Å². The van der Waals surface area contributed by atoms with Gasteiger partial charge >= 0.3 is 5.97 Å². The van der Waals surface area contributed by atoms with E-state index in [0.717, 1.165) is 56.3 Å². The molecule has 1 aliphatic carbocycles. The Morgan fingerprint density at radius 1 is 1.38 bits per heavy atom. The second-order valence-corrected chi connectivity index (χ2v) is 6.85. The summed E-state index contributed by atoms with van der Waals surface area (Å²) in [6, 6.07) is 0. The molecule has 0 spiro atoms. The van der Waals surface area contributed by atoms with Crippen LogP contribution in [-0.2, 0) is 16.0 Å². The fourth-order valence-corrected chi connectivity index (χ4v) is 4.23. The van der Waals surface area contributed by atoms with Crippen LogP contribution in [0.3, 0.4) is 0 Å². The Bertz CT molecular complexity index is 509. The molecule has 1 aromatic heterocycles. The Labute approximate surface area is 129 Å². The number of piperazine rings is 1. The highest BCUT2D eigenvalue weighted by Crippen LogP contribution is 2.38. The van der Waals surface area contributed by atoms with E-state index in [1.165, 1.54) is 4.88 Å². The second-order valence-electron chi connectivity index (χ2n) is 5.79. The molecule has 1 atom stereocenters. The van der Waals surface area contributed by atoms with Crippen LogP contribution in [0.5, 0.6) is 0 Å². The third kappa shape index (κ3) is 3.06. The summed E-state index contributed by atoms with van der Waals surface area (Å²) in [5.41, 5.74) is 0.985. The fourth-order valence-electron chi connectivity index (χ4n) is 3.01. The van der Waals surface area contributed by atoms with Gasteiger partial charge in [0.25, 0.3) is 0 Å². The lowest BCUT2D eigenvalue weighted by atomic mass is 9.91. The molecule has 1 saturated heterocycles. The van der Waals surface area contributed by atoms with E-state index in [9.17, 15) is 4.79 Å². The lowest BCUT2D eigenvalue weighted by Gasteiger charge is -2.32. The average molecular weight is 309 g/mol. The molecule has 0 saturated carbocycles. The van der Waals surface area contributed by atoms with Crippen molar-refractivity contribution in [2.45, 2.75) is 32.1 Å². The van der Waals surface area contributed by atoms with Crippen LogP contribution in [-0.4, -0.2) is 55.7 Å². The van der Waals surface area contributed by atoms with E-state index in [1.807, 2.05) is 6.92 Å². The number of aryl methyl sites for hydroxylation is 1. The first-order chi connectivity index (χ1) is 10.2. The first-order valence-electron chi connectivity index (χ1n) is 7.78. The molecule has 1 aliphatic heterocycles. The smallest absolute Gasteiger partial charge is 0.315 e. The molecule has 2 heterocycles. The minimum absolute atomic E-state index is 0.103. The molecule has 3 rings (SSSR count). The van der Waals surface area contributed by atoms with Crippen LogP contribution in [0.15, 0.2) is 0 Å². The third-order valence-corrected chi connectivity index (χ3v) is 5.48. The van der Waals surface area contributed by atoms with Crippen molar-refractivity contribution in [1.29, 1.82) is 0 Å². The number of nitrogens with zero attached hydrogens (tertiary/aromatic N) is 3. The molecule has 1 aromatic rings. The fraction of sp³-hybridized carbons (Fsp3) is 0.733. The highest BCUT2D eigenvalue weighted by molar-refractivity contribution is 7.15. The molecular formula is C15H23N3O2S. The van der Waals surface area contributed by atoms with Crippen LogP contribution < -0.4 is 4.90 Å². The summed E-state index contributed by atoms with van der Waals surface area (Å²) in [5, 5.41) is 1.09. The average Bonchev–Trinajstić information content (AvgIpc) is 2.92. The van der Waals surface area contributed by atoms with E-state index < -0.39 is 0 Å². The number of thiazole rings is 1. The largest absolute Gasteiger partial charge is 0.465 e. The third-order valence-electron chi connectivity index (χ3n) is 4.29. The molecule has 2 aliphatic rings. The van der Waals surface area contributed by atoms with Gasteiger partial charge in [-0.3, -0.25) is 4.79 Å². The van der Waals surface area contributed by atoms with Gasteiger partial charge in [0.15, 0.2) is 5.13 Å². The minimum Gasteiger partial charge on any atom is -0.465 e. The molecule has 0 amide bonds. The van der Waals surface area contributed by atoms with Gasteiger partial charge in [0.2, 0.25) is 0 Å². The topological polar surface area (TPSA) is 45.7 Å². The summed E-state index contributed by atoms with van der Waals surface area (Å²) < 4.78 is 5.21. The number of anilines is 1. The van der Waals surface area contributed by atoms with E-state index in [1.54, 1.807) is 11.3 Å². The number of rotatable bonds is 3. The van der Waals surface area contributed by atoms with Crippen LogP contribution in [0.1, 0.15) is 36.3 Å². The molecule has 0 unspecified atom stereocenters. The predicted molar refractivity (Wildman–Crippen MR) is 84.1 cm³/mol. The van der Waals surface area contributed by atoms with Crippen molar-refractivity contribution >= 4 is 22.4 Å². The maximum Gasteiger partial charge on any atom is 0.315 e. The quantitative estimate of drug-likeness (QED) is 0.798. The van der Waals surface area contributed by atoms with Gasteiger partial charge in [-0.1, -0.05) is 0 Å². The SMILES string of the molecule is CCOC(=O)[C@@H]1CCCc2sc(N3CCN(C)CC3)nc21. The van der Waals surface area contributed by atoms with Gasteiger partial charge < -0.3 is 14.5 Å². The highest BCUT2D eigenvalue weighted by Gasteiger charge is 2.32. The lowest BCUT2D eigenvalue weighted by Crippen LogP contribution is -2.44. The molecule has 0 aromatic carbocycles. The van der Waals surface area contributed by atoms with Gasteiger partial charge in [-0.05, 0) is 33.2 Å². The van der Waals surface area contributed by atoms with Crippen molar-refractivity contribution in [3.63, 3.8) is 0 Å². The lowest BCUT2D eigenvalue weighted by molar-refractivity contribution is -0.145. The summed E-state index contributed by atoms with van der Waals surface area (Å²) >= 11 is 1.77. The summed E-state index contributed by atoms with van der Waals surface area (Å²) in [4.78, 5) is 22.9. The predicted octanol–water partition coefficient (Wildman–Crippen LogP) is 1.88. The molecule has 21 heavy (non-hydrogen) atoms. The maximum absolute atomic E-state index is 12.1. The van der Waals surface area contributed by atoms with Crippen molar-refractivity contribution < 1.29 is 9.53 Å². The standard InChI is InChI=1S/C15H23N3O2S/c1-3-20-14(19)11-5-4-6-12-13(11)16-15(21-12)18-9-7-17(2)8-10-18/h11H,3-10H2,1-2H3/t11-/m1/s1. The Balaban J connectivity index is 1.79. The summed E-state index contributed by atoms with van der Waals surface area (Å²) in [6.07, 6.45) is 2.98. The van der Waals surface area contributed by atoms with E-state index >= 15 is 0 Å². The van der Waals surface area contributed by atoms with E-state index in [0.29, 0.717) is 6.61 Å². The number of hydrogen-bond donors (Lipinski definition) is 0. The summed E-state index contributed by atoms with van der Waals surface area (Å²) in [7, 11) is 2.15. The zero-order chi connectivity index (χ0) is 14.8. The zero-order valence-electron chi connectivity index (χ0n) is 12.8. The number of hydrogen-bond acceptors (Lipinski definition) is 6. The maximum atomic E-state index is 12.1. The van der Waals surface area contributed by atoms with Crippen molar-refractivity contribution in [1.82, 2.24) is 9.88 Å². The number of carbonyl (C=O) groups is 1. The summed E-state index contributed by atoms with van der Waals surface area (Å²) in [5.74, 6) is -0.250. The van der Waals surface area contributed by atoms with Gasteiger partial charge in [0.05, 0.1) is 12.3 Å². The highest BCUT2D eigenvalue weighted by atomic mass is 32.1. The van der Waals surface area contributed by atoms with Crippen molar-refractivity contribution in [2.24, 2.45) is 0 Å². The van der Waals surface area contributed by atoms with Gasteiger partial charge in [-0.25, -0.2) is 4.98 Å². The first-order valence-corrected chi connectivity index (χ1v) is 8.60. The van der Waals surface area contributed by atoms with Gasteiger partial charge in [0, 0.05) is 31.1 Å². The number of likely N-dealkylation sites (N-methyl/N-ethyl adjacent to an activating group) is 1. The molecule has 0 N–H and O–H groups in total. The van der Waals surface area contributed by atoms with Crippen molar-refractivity contribution in [3.8, 4) is 0 Å². The molecular weight excluding hydrogens is 286 g/mol. The molecule has 0 bridgehead atoms.